The summed E-state index contributed by atoms with van der Waals surface area (Å²) in [5.41, 5.74) is 3.79. The molecule has 0 saturated carbocycles. The number of hydrogen-bond donors (Lipinski definition) is 0. The van der Waals surface area contributed by atoms with Crippen LogP contribution in [-0.2, 0) is 6.42 Å². The zero-order valence-corrected chi connectivity index (χ0v) is 11.8. The van der Waals surface area contributed by atoms with Crippen LogP contribution in [-0.4, -0.2) is 5.78 Å². The van der Waals surface area contributed by atoms with Crippen LogP contribution in [0.1, 0.15) is 32.6 Å². The van der Waals surface area contributed by atoms with Gasteiger partial charge in [-0.05, 0) is 49.6 Å². The van der Waals surface area contributed by atoms with Crippen molar-refractivity contribution in [1.29, 1.82) is 0 Å². The average Bonchev–Trinajstić information content (AvgIpc) is 2.36. The van der Waals surface area contributed by atoms with Crippen molar-refractivity contribution in [1.82, 2.24) is 0 Å². The first-order valence-corrected chi connectivity index (χ1v) is 6.44. The Kier molecular flexibility index (Phi) is 3.98. The largest absolute Gasteiger partial charge is 0.294 e. The molecule has 0 aliphatic rings. The van der Waals surface area contributed by atoms with Gasteiger partial charge in [0.05, 0.1) is 5.56 Å². The third-order valence-corrected chi connectivity index (χ3v) is 3.43. The third kappa shape index (κ3) is 2.77. The molecular formula is C17H16F2O. The normalized spacial score (nSPS) is 10.7. The zero-order chi connectivity index (χ0) is 14.9. The summed E-state index contributed by atoms with van der Waals surface area (Å²) < 4.78 is 26.8. The number of carbonyl (C=O) groups excluding carboxylic acids is 1. The molecule has 3 heteroatoms. The Labute approximate surface area is 117 Å². The Hall–Kier alpha value is -2.03. The maximum atomic E-state index is 13.6. The van der Waals surface area contributed by atoms with Crippen LogP contribution in [0.3, 0.4) is 0 Å². The maximum Gasteiger partial charge on any atom is 0.170 e. The number of hydrogen-bond acceptors (Lipinski definition) is 1. The van der Waals surface area contributed by atoms with E-state index in [1.165, 1.54) is 12.1 Å². The molecule has 0 aliphatic carbocycles. The van der Waals surface area contributed by atoms with Crippen molar-refractivity contribution in [2.75, 3.05) is 0 Å². The summed E-state index contributed by atoms with van der Waals surface area (Å²) in [5, 5.41) is 0. The van der Waals surface area contributed by atoms with Crippen LogP contribution in [0.25, 0.3) is 0 Å². The molecule has 1 nitrogen and oxygen atoms in total. The smallest absolute Gasteiger partial charge is 0.170 e. The molecule has 0 amide bonds. The minimum Gasteiger partial charge on any atom is -0.294 e. The van der Waals surface area contributed by atoms with Gasteiger partial charge in [-0.2, -0.15) is 0 Å². The molecule has 0 aromatic heterocycles. The van der Waals surface area contributed by atoms with Crippen molar-refractivity contribution >= 4 is 5.78 Å². The third-order valence-electron chi connectivity index (χ3n) is 3.43. The second-order valence-electron chi connectivity index (χ2n) is 5.08. The predicted octanol–water partition coefficient (Wildman–Crippen LogP) is 4.32. The molecule has 0 radical (unpaired) electrons. The van der Waals surface area contributed by atoms with Gasteiger partial charge in [-0.1, -0.05) is 23.8 Å². The van der Waals surface area contributed by atoms with Crippen LogP contribution in [0.5, 0.6) is 0 Å². The summed E-state index contributed by atoms with van der Waals surface area (Å²) in [6.07, 6.45) is 0.0817. The first-order valence-electron chi connectivity index (χ1n) is 6.44. The zero-order valence-electron chi connectivity index (χ0n) is 11.8. The first kappa shape index (κ1) is 14.4. The van der Waals surface area contributed by atoms with Crippen LogP contribution in [0.2, 0.25) is 0 Å². The monoisotopic (exact) mass is 274 g/mol. The fourth-order valence-corrected chi connectivity index (χ4v) is 2.46. The first-order chi connectivity index (χ1) is 9.40. The number of halogens is 2. The molecule has 2 rings (SSSR count). The number of carbonyl (C=O) groups is 1. The van der Waals surface area contributed by atoms with E-state index in [0.29, 0.717) is 0 Å². The van der Waals surface area contributed by atoms with Gasteiger partial charge in [-0.3, -0.25) is 4.79 Å². The van der Waals surface area contributed by atoms with E-state index >= 15 is 0 Å². The molecule has 0 spiro atoms. The van der Waals surface area contributed by atoms with Crippen molar-refractivity contribution in [3.8, 4) is 0 Å². The minimum absolute atomic E-state index is 0.0817. The topological polar surface area (TPSA) is 17.1 Å². The van der Waals surface area contributed by atoms with Gasteiger partial charge in [0.2, 0.25) is 0 Å². The Morgan fingerprint density at radius 1 is 1.05 bits per heavy atom. The van der Waals surface area contributed by atoms with Gasteiger partial charge in [0.1, 0.15) is 0 Å². The number of aryl methyl sites for hydroxylation is 3. The molecule has 104 valence electrons. The van der Waals surface area contributed by atoms with Gasteiger partial charge in [-0.15, -0.1) is 0 Å². The maximum absolute atomic E-state index is 13.6. The lowest BCUT2D eigenvalue weighted by molar-refractivity contribution is 0.0987. The van der Waals surface area contributed by atoms with E-state index in [4.69, 9.17) is 0 Å². The molecule has 0 aliphatic heterocycles. The Balaban J connectivity index is 2.36. The van der Waals surface area contributed by atoms with Crippen molar-refractivity contribution in [3.63, 3.8) is 0 Å². The van der Waals surface area contributed by atoms with Gasteiger partial charge in [-0.25, -0.2) is 8.78 Å². The highest BCUT2D eigenvalue weighted by Gasteiger charge is 2.17. The summed E-state index contributed by atoms with van der Waals surface area (Å²) in [7, 11) is 0. The molecule has 0 saturated heterocycles. The predicted molar refractivity (Wildman–Crippen MR) is 75.0 cm³/mol. The SMILES string of the molecule is Cc1cc(C)c(CC(=O)c2cccc(F)c2F)c(C)c1. The molecule has 0 unspecified atom stereocenters. The lowest BCUT2D eigenvalue weighted by Crippen LogP contribution is -2.09. The molecule has 0 atom stereocenters. The Bertz CT molecular complexity index is 652. The van der Waals surface area contributed by atoms with E-state index in [-0.39, 0.29) is 12.0 Å². The van der Waals surface area contributed by atoms with Crippen molar-refractivity contribution in [3.05, 3.63) is 69.8 Å². The van der Waals surface area contributed by atoms with Crippen LogP contribution in [0, 0.1) is 32.4 Å². The number of benzene rings is 2. The average molecular weight is 274 g/mol. The molecule has 0 bridgehead atoms. The van der Waals surface area contributed by atoms with Crippen molar-refractivity contribution < 1.29 is 13.6 Å². The van der Waals surface area contributed by atoms with Gasteiger partial charge < -0.3 is 0 Å². The summed E-state index contributed by atoms with van der Waals surface area (Å²) in [6.45, 7) is 5.83. The lowest BCUT2D eigenvalue weighted by Gasteiger charge is -2.11. The molecule has 20 heavy (non-hydrogen) atoms. The fraction of sp³-hybridized carbons (Fsp3) is 0.235. The summed E-state index contributed by atoms with van der Waals surface area (Å²) >= 11 is 0. The number of rotatable bonds is 3. The fourth-order valence-electron chi connectivity index (χ4n) is 2.46. The van der Waals surface area contributed by atoms with E-state index < -0.39 is 17.4 Å². The van der Waals surface area contributed by atoms with Crippen molar-refractivity contribution in [2.24, 2.45) is 0 Å². The highest BCUT2D eigenvalue weighted by Crippen LogP contribution is 2.20. The molecule has 0 heterocycles. The lowest BCUT2D eigenvalue weighted by atomic mass is 9.93. The number of ketones is 1. The van der Waals surface area contributed by atoms with E-state index in [2.05, 4.69) is 0 Å². The molecular weight excluding hydrogens is 258 g/mol. The highest BCUT2D eigenvalue weighted by atomic mass is 19.2. The van der Waals surface area contributed by atoms with Crippen LogP contribution in [0.15, 0.2) is 30.3 Å². The Morgan fingerprint density at radius 2 is 1.65 bits per heavy atom. The van der Waals surface area contributed by atoms with Crippen molar-refractivity contribution in [2.45, 2.75) is 27.2 Å². The van der Waals surface area contributed by atoms with Gasteiger partial charge in [0.25, 0.3) is 0 Å². The van der Waals surface area contributed by atoms with Crippen LogP contribution in [0.4, 0.5) is 8.78 Å². The van der Waals surface area contributed by atoms with Crippen LogP contribution < -0.4 is 0 Å². The van der Waals surface area contributed by atoms with E-state index in [0.717, 1.165) is 28.3 Å². The quantitative estimate of drug-likeness (QED) is 0.762. The highest BCUT2D eigenvalue weighted by molar-refractivity contribution is 5.98. The Morgan fingerprint density at radius 3 is 2.25 bits per heavy atom. The molecule has 0 fully saturated rings. The summed E-state index contributed by atoms with van der Waals surface area (Å²) in [4.78, 5) is 12.2. The van der Waals surface area contributed by atoms with E-state index in [1.807, 2.05) is 32.9 Å². The van der Waals surface area contributed by atoms with Crippen LogP contribution >= 0.6 is 0 Å². The van der Waals surface area contributed by atoms with Gasteiger partial charge >= 0.3 is 0 Å². The van der Waals surface area contributed by atoms with E-state index in [1.54, 1.807) is 0 Å². The molecule has 0 N–H and O–H groups in total. The second-order valence-corrected chi connectivity index (χ2v) is 5.08. The minimum atomic E-state index is -1.07. The second kappa shape index (κ2) is 5.53. The summed E-state index contributed by atoms with van der Waals surface area (Å²) in [5.74, 6) is -2.47. The van der Waals surface area contributed by atoms with Gasteiger partial charge in [0, 0.05) is 6.42 Å². The van der Waals surface area contributed by atoms with E-state index in [9.17, 15) is 13.6 Å². The molecule has 2 aromatic carbocycles. The number of Topliss-reactive ketones (excluding diaryl/α,β-unsaturated/α-hetero) is 1. The van der Waals surface area contributed by atoms with Gasteiger partial charge in [0.15, 0.2) is 17.4 Å². The summed E-state index contributed by atoms with van der Waals surface area (Å²) in [6, 6.07) is 7.64. The standard InChI is InChI=1S/C17H16F2O/c1-10-7-11(2)14(12(3)8-10)9-16(20)13-5-4-6-15(18)17(13)19/h4-8H,9H2,1-3H3. The molecule has 2 aromatic rings.